The molecule has 0 radical (unpaired) electrons. The summed E-state index contributed by atoms with van der Waals surface area (Å²) in [6, 6.07) is 15.3. The van der Waals surface area contributed by atoms with Gasteiger partial charge in [0.25, 0.3) is 0 Å². The molecule has 0 saturated carbocycles. The molecule has 2 aromatic heterocycles. The first-order valence-corrected chi connectivity index (χ1v) is 11.4. The van der Waals surface area contributed by atoms with E-state index in [4.69, 9.17) is 25.0 Å². The van der Waals surface area contributed by atoms with Crippen LogP contribution >= 0.6 is 0 Å². The number of ether oxygens (including phenoxy) is 3. The predicted octanol–water partition coefficient (Wildman–Crippen LogP) is 5.00. The fraction of sp³-hybridized carbons (Fsp3) is 0.231. The van der Waals surface area contributed by atoms with Gasteiger partial charge in [-0.15, -0.1) is 0 Å². The van der Waals surface area contributed by atoms with Crippen LogP contribution in [0, 0.1) is 0 Å². The van der Waals surface area contributed by atoms with E-state index in [1.807, 2.05) is 30.3 Å². The third-order valence-electron chi connectivity index (χ3n) is 5.34. The molecule has 4 rings (SSSR count). The number of nitrogens with one attached hydrogen (secondary N) is 2. The molecule has 4 aromatic rings. The zero-order valence-electron chi connectivity index (χ0n) is 21.3. The highest BCUT2D eigenvalue weighted by Gasteiger charge is 2.22. The van der Waals surface area contributed by atoms with Gasteiger partial charge in [-0.1, -0.05) is 20.8 Å². The Morgan fingerprint density at radius 2 is 1.68 bits per heavy atom. The van der Waals surface area contributed by atoms with Crippen molar-refractivity contribution >= 4 is 23.4 Å². The van der Waals surface area contributed by atoms with Gasteiger partial charge >= 0.3 is 6.03 Å². The molecule has 192 valence electrons. The Hall–Kier alpha value is -4.80. The van der Waals surface area contributed by atoms with E-state index in [-0.39, 0.29) is 17.1 Å². The van der Waals surface area contributed by atoms with Crippen molar-refractivity contribution in [1.29, 1.82) is 0 Å². The number of aromatic nitrogens is 4. The zero-order chi connectivity index (χ0) is 26.6. The number of hydrogen-bond acceptors (Lipinski definition) is 8. The van der Waals surface area contributed by atoms with Gasteiger partial charge < -0.3 is 25.3 Å². The molecule has 0 fully saturated rings. The summed E-state index contributed by atoms with van der Waals surface area (Å²) >= 11 is 0. The number of hydrogen-bond donors (Lipinski definition) is 3. The van der Waals surface area contributed by atoms with Gasteiger partial charge in [-0.05, 0) is 36.4 Å². The van der Waals surface area contributed by atoms with Crippen LogP contribution in [-0.4, -0.2) is 40.0 Å². The number of amides is 2. The van der Waals surface area contributed by atoms with Gasteiger partial charge in [0, 0.05) is 29.3 Å². The normalized spacial score (nSPS) is 11.1. The van der Waals surface area contributed by atoms with Crippen molar-refractivity contribution in [1.82, 2.24) is 19.7 Å². The Bertz CT molecular complexity index is 1400. The van der Waals surface area contributed by atoms with Crippen LogP contribution in [0.1, 0.15) is 26.5 Å². The molecule has 0 aliphatic heterocycles. The van der Waals surface area contributed by atoms with Crippen molar-refractivity contribution < 1.29 is 19.0 Å². The number of anilines is 3. The number of nitrogens with two attached hydrogens (primary N) is 1. The van der Waals surface area contributed by atoms with Crippen LogP contribution < -0.4 is 30.6 Å². The minimum atomic E-state index is -0.450. The number of nitrogen functional groups attached to an aromatic ring is 1. The maximum atomic E-state index is 13.0. The van der Waals surface area contributed by atoms with Crippen molar-refractivity contribution in [3.8, 4) is 28.8 Å². The second-order valence-corrected chi connectivity index (χ2v) is 9.10. The summed E-state index contributed by atoms with van der Waals surface area (Å²) in [5.41, 5.74) is 7.56. The second-order valence-electron chi connectivity index (χ2n) is 9.10. The lowest BCUT2D eigenvalue weighted by atomic mass is 9.92. The molecule has 0 unspecified atom stereocenters. The SMILES string of the molecule is COc1ccc(-n2nc(C(C)(C)C)cc2NC(=O)Nc2ccc(Oc3cc(N)ncn3)c(OC)c2)cc1. The van der Waals surface area contributed by atoms with Gasteiger partial charge in [-0.25, -0.2) is 19.4 Å². The van der Waals surface area contributed by atoms with Crippen LogP contribution in [0.3, 0.4) is 0 Å². The number of urea groups is 1. The third kappa shape index (κ3) is 6.07. The molecule has 2 aromatic carbocycles. The van der Waals surface area contributed by atoms with Crippen molar-refractivity contribution in [2.24, 2.45) is 0 Å². The number of nitrogens with zero attached hydrogens (tertiary/aromatic N) is 4. The lowest BCUT2D eigenvalue weighted by Crippen LogP contribution is -2.21. The number of carbonyl (C=O) groups excluding carboxylic acids is 1. The van der Waals surface area contributed by atoms with E-state index >= 15 is 0 Å². The highest BCUT2D eigenvalue weighted by atomic mass is 16.5. The van der Waals surface area contributed by atoms with Gasteiger partial charge in [0.2, 0.25) is 5.88 Å². The largest absolute Gasteiger partial charge is 0.497 e. The van der Waals surface area contributed by atoms with Crippen LogP contribution in [0.4, 0.5) is 22.1 Å². The van der Waals surface area contributed by atoms with Crippen molar-refractivity contribution in [2.45, 2.75) is 26.2 Å². The van der Waals surface area contributed by atoms with Crippen LogP contribution in [-0.2, 0) is 5.41 Å². The van der Waals surface area contributed by atoms with E-state index in [0.717, 1.165) is 17.1 Å². The second kappa shape index (κ2) is 10.4. The summed E-state index contributed by atoms with van der Waals surface area (Å²) in [6.45, 7) is 6.18. The van der Waals surface area contributed by atoms with E-state index in [1.165, 1.54) is 19.5 Å². The Morgan fingerprint density at radius 3 is 2.32 bits per heavy atom. The lowest BCUT2D eigenvalue weighted by molar-refractivity contribution is 0.262. The van der Waals surface area contributed by atoms with Gasteiger partial charge in [0.15, 0.2) is 11.5 Å². The van der Waals surface area contributed by atoms with E-state index < -0.39 is 6.03 Å². The molecule has 37 heavy (non-hydrogen) atoms. The van der Waals surface area contributed by atoms with E-state index in [0.29, 0.717) is 23.0 Å². The summed E-state index contributed by atoms with van der Waals surface area (Å²) in [4.78, 5) is 20.8. The first-order valence-electron chi connectivity index (χ1n) is 11.4. The predicted molar refractivity (Wildman–Crippen MR) is 141 cm³/mol. The minimum Gasteiger partial charge on any atom is -0.497 e. The van der Waals surface area contributed by atoms with E-state index in [2.05, 4.69) is 41.4 Å². The maximum absolute atomic E-state index is 13.0. The molecule has 0 saturated heterocycles. The van der Waals surface area contributed by atoms with Crippen LogP contribution in [0.25, 0.3) is 5.69 Å². The van der Waals surface area contributed by atoms with Gasteiger partial charge in [-0.3, -0.25) is 5.32 Å². The van der Waals surface area contributed by atoms with Gasteiger partial charge in [-0.2, -0.15) is 5.10 Å². The van der Waals surface area contributed by atoms with Crippen molar-refractivity contribution in [3.05, 3.63) is 66.6 Å². The summed E-state index contributed by atoms with van der Waals surface area (Å²) < 4.78 is 18.1. The molecular formula is C26H29N7O4. The molecule has 0 atom stereocenters. The molecule has 11 heteroatoms. The monoisotopic (exact) mass is 503 g/mol. The number of rotatable bonds is 7. The molecule has 2 heterocycles. The van der Waals surface area contributed by atoms with Gasteiger partial charge in [0.05, 0.1) is 25.6 Å². The third-order valence-corrected chi connectivity index (χ3v) is 5.34. The number of carbonyl (C=O) groups is 1. The number of methoxy groups -OCH3 is 2. The number of benzene rings is 2. The van der Waals surface area contributed by atoms with Crippen molar-refractivity contribution in [2.75, 3.05) is 30.6 Å². The maximum Gasteiger partial charge on any atom is 0.324 e. The average Bonchev–Trinajstić information content (AvgIpc) is 3.29. The topological polar surface area (TPSA) is 138 Å². The Labute approximate surface area is 214 Å². The van der Waals surface area contributed by atoms with E-state index in [1.54, 1.807) is 30.0 Å². The highest BCUT2D eigenvalue weighted by Crippen LogP contribution is 2.33. The first kappa shape index (κ1) is 25.3. The van der Waals surface area contributed by atoms with Gasteiger partial charge in [0.1, 0.15) is 23.7 Å². The van der Waals surface area contributed by atoms with Crippen LogP contribution in [0.5, 0.6) is 23.1 Å². The first-order chi connectivity index (χ1) is 17.7. The zero-order valence-corrected chi connectivity index (χ0v) is 21.3. The summed E-state index contributed by atoms with van der Waals surface area (Å²) in [5, 5.41) is 10.4. The molecular weight excluding hydrogens is 474 g/mol. The molecule has 11 nitrogen and oxygen atoms in total. The average molecular weight is 504 g/mol. The Morgan fingerprint density at radius 1 is 0.919 bits per heavy atom. The summed E-state index contributed by atoms with van der Waals surface area (Å²) in [7, 11) is 3.11. The lowest BCUT2D eigenvalue weighted by Gasteiger charge is -2.14. The fourth-order valence-corrected chi connectivity index (χ4v) is 3.39. The Kier molecular flexibility index (Phi) is 7.14. The fourth-order valence-electron chi connectivity index (χ4n) is 3.39. The molecule has 0 aliphatic carbocycles. The van der Waals surface area contributed by atoms with Crippen molar-refractivity contribution in [3.63, 3.8) is 0 Å². The van der Waals surface area contributed by atoms with E-state index in [9.17, 15) is 4.79 Å². The highest BCUT2D eigenvalue weighted by molar-refractivity contribution is 5.99. The Balaban J connectivity index is 1.54. The summed E-state index contributed by atoms with van der Waals surface area (Å²) in [5.74, 6) is 2.59. The molecule has 0 aliphatic rings. The minimum absolute atomic E-state index is 0.220. The molecule has 2 amide bonds. The summed E-state index contributed by atoms with van der Waals surface area (Å²) in [6.07, 6.45) is 1.30. The molecule has 0 bridgehead atoms. The smallest absolute Gasteiger partial charge is 0.324 e. The quantitative estimate of drug-likeness (QED) is 0.320. The molecule has 0 spiro atoms. The van der Waals surface area contributed by atoms with Crippen LogP contribution in [0.15, 0.2) is 60.9 Å². The standard InChI is InChI=1S/C26H29N7O4/c1-26(2,3)21-13-23(33(32-21)17-7-9-18(35-4)10-8-17)31-25(34)30-16-6-11-19(20(12-16)36-5)37-24-14-22(27)28-15-29-24/h6-15H,1-5H3,(H2,27,28,29)(H2,30,31,34). The molecule has 4 N–H and O–H groups in total. The van der Waals surface area contributed by atoms with Crippen LogP contribution in [0.2, 0.25) is 0 Å².